The third-order valence-corrected chi connectivity index (χ3v) is 4.88. The molecular formula is C22H29F2IN4O. The predicted molar refractivity (Wildman–Crippen MR) is 127 cm³/mol. The molecule has 1 heterocycles. The fourth-order valence-corrected chi connectivity index (χ4v) is 3.43. The SMILES string of the molecule is CCNC(=NCc1ccc(COC)cc1)NC1CCN(c2ccc(F)cc2F)C1.I. The second-order valence-corrected chi connectivity index (χ2v) is 7.12. The van der Waals surface area contributed by atoms with E-state index in [4.69, 9.17) is 4.74 Å². The molecule has 30 heavy (non-hydrogen) atoms. The number of benzene rings is 2. The van der Waals surface area contributed by atoms with Gasteiger partial charge in [-0.05, 0) is 36.6 Å². The van der Waals surface area contributed by atoms with Crippen LogP contribution in [0.3, 0.4) is 0 Å². The molecule has 1 fully saturated rings. The molecule has 164 valence electrons. The molecule has 0 radical (unpaired) electrons. The van der Waals surface area contributed by atoms with E-state index >= 15 is 0 Å². The molecule has 0 aromatic heterocycles. The zero-order valence-corrected chi connectivity index (χ0v) is 19.7. The summed E-state index contributed by atoms with van der Waals surface area (Å²) in [5.74, 6) is -0.347. The van der Waals surface area contributed by atoms with Crippen LogP contribution in [0, 0.1) is 11.6 Å². The molecule has 1 unspecified atom stereocenters. The van der Waals surface area contributed by atoms with Crippen LogP contribution in [0.15, 0.2) is 47.5 Å². The molecule has 0 saturated carbocycles. The van der Waals surface area contributed by atoms with E-state index in [0.717, 1.165) is 36.1 Å². The van der Waals surface area contributed by atoms with Gasteiger partial charge in [-0.2, -0.15) is 0 Å². The molecule has 0 spiro atoms. The van der Waals surface area contributed by atoms with Gasteiger partial charge in [-0.3, -0.25) is 0 Å². The number of hydrogen-bond donors (Lipinski definition) is 2. The summed E-state index contributed by atoms with van der Waals surface area (Å²) >= 11 is 0. The van der Waals surface area contributed by atoms with Gasteiger partial charge in [0.25, 0.3) is 0 Å². The summed E-state index contributed by atoms with van der Waals surface area (Å²) in [6, 6.07) is 12.1. The fraction of sp³-hybridized carbons (Fsp3) is 0.409. The molecule has 2 aromatic carbocycles. The summed E-state index contributed by atoms with van der Waals surface area (Å²) in [5.41, 5.74) is 2.68. The van der Waals surface area contributed by atoms with Gasteiger partial charge in [0.1, 0.15) is 11.6 Å². The number of anilines is 1. The molecular weight excluding hydrogens is 501 g/mol. The van der Waals surface area contributed by atoms with Crippen LogP contribution < -0.4 is 15.5 Å². The van der Waals surface area contributed by atoms with E-state index in [-0.39, 0.29) is 30.0 Å². The highest BCUT2D eigenvalue weighted by molar-refractivity contribution is 14.0. The van der Waals surface area contributed by atoms with Crippen molar-refractivity contribution >= 4 is 35.6 Å². The van der Waals surface area contributed by atoms with Crippen LogP contribution in [0.5, 0.6) is 0 Å². The van der Waals surface area contributed by atoms with E-state index in [9.17, 15) is 8.78 Å². The Morgan fingerprint density at radius 1 is 1.17 bits per heavy atom. The minimum atomic E-state index is -0.558. The van der Waals surface area contributed by atoms with Crippen LogP contribution >= 0.6 is 24.0 Å². The maximum atomic E-state index is 14.1. The van der Waals surface area contributed by atoms with Crippen molar-refractivity contribution in [1.82, 2.24) is 10.6 Å². The molecule has 2 aromatic rings. The maximum Gasteiger partial charge on any atom is 0.191 e. The largest absolute Gasteiger partial charge is 0.380 e. The minimum absolute atomic E-state index is 0. The first-order chi connectivity index (χ1) is 14.1. The molecule has 0 amide bonds. The van der Waals surface area contributed by atoms with E-state index in [1.54, 1.807) is 7.11 Å². The van der Waals surface area contributed by atoms with Gasteiger partial charge in [-0.15, -0.1) is 24.0 Å². The van der Waals surface area contributed by atoms with Crippen molar-refractivity contribution in [2.45, 2.75) is 32.5 Å². The van der Waals surface area contributed by atoms with Gasteiger partial charge in [0.05, 0.1) is 18.8 Å². The van der Waals surface area contributed by atoms with Crippen LogP contribution in [-0.4, -0.2) is 38.7 Å². The Labute approximate surface area is 193 Å². The van der Waals surface area contributed by atoms with Gasteiger partial charge in [0.15, 0.2) is 5.96 Å². The normalized spacial score (nSPS) is 16.3. The van der Waals surface area contributed by atoms with Crippen molar-refractivity contribution in [3.63, 3.8) is 0 Å². The van der Waals surface area contributed by atoms with Crippen LogP contribution in [-0.2, 0) is 17.9 Å². The van der Waals surface area contributed by atoms with Crippen LogP contribution in [0.25, 0.3) is 0 Å². The number of rotatable bonds is 7. The summed E-state index contributed by atoms with van der Waals surface area (Å²) in [5, 5.41) is 6.69. The lowest BCUT2D eigenvalue weighted by Gasteiger charge is -2.21. The number of aliphatic imine (C=N–C) groups is 1. The molecule has 1 aliphatic heterocycles. The van der Waals surface area contributed by atoms with Gasteiger partial charge in [0, 0.05) is 38.9 Å². The number of guanidine groups is 1. The molecule has 0 aliphatic carbocycles. The van der Waals surface area contributed by atoms with Crippen LogP contribution in [0.2, 0.25) is 0 Å². The highest BCUT2D eigenvalue weighted by atomic mass is 127. The predicted octanol–water partition coefficient (Wildman–Crippen LogP) is 4.06. The van der Waals surface area contributed by atoms with Crippen molar-refractivity contribution in [2.75, 3.05) is 31.6 Å². The quantitative estimate of drug-likeness (QED) is 0.322. The first-order valence-corrected chi connectivity index (χ1v) is 9.90. The second-order valence-electron chi connectivity index (χ2n) is 7.12. The molecule has 1 aliphatic rings. The van der Waals surface area contributed by atoms with Gasteiger partial charge in [0.2, 0.25) is 0 Å². The van der Waals surface area contributed by atoms with E-state index in [1.807, 2.05) is 24.0 Å². The van der Waals surface area contributed by atoms with Gasteiger partial charge >= 0.3 is 0 Å². The lowest BCUT2D eigenvalue weighted by Crippen LogP contribution is -2.44. The Morgan fingerprint density at radius 3 is 2.57 bits per heavy atom. The Kier molecular flexibility index (Phi) is 9.77. The average molecular weight is 530 g/mol. The van der Waals surface area contributed by atoms with E-state index < -0.39 is 11.6 Å². The first kappa shape index (κ1) is 24.3. The van der Waals surface area contributed by atoms with Crippen molar-refractivity contribution in [3.05, 3.63) is 65.2 Å². The van der Waals surface area contributed by atoms with E-state index in [1.165, 1.54) is 12.1 Å². The standard InChI is InChI=1S/C22H28F2N4O.HI/c1-3-25-22(26-13-16-4-6-17(7-5-16)15-29-2)27-19-10-11-28(14-19)21-9-8-18(23)12-20(21)24;/h4-9,12,19H,3,10-11,13-15H2,1-2H3,(H2,25,26,27);1H. The van der Waals surface area contributed by atoms with Crippen LogP contribution in [0.4, 0.5) is 14.5 Å². The zero-order valence-electron chi connectivity index (χ0n) is 17.3. The van der Waals surface area contributed by atoms with Crippen molar-refractivity contribution in [2.24, 2.45) is 4.99 Å². The zero-order chi connectivity index (χ0) is 20.6. The second kappa shape index (κ2) is 12.0. The lowest BCUT2D eigenvalue weighted by molar-refractivity contribution is 0.185. The van der Waals surface area contributed by atoms with Crippen LogP contribution in [0.1, 0.15) is 24.5 Å². The average Bonchev–Trinajstić information content (AvgIpc) is 3.16. The van der Waals surface area contributed by atoms with E-state index in [0.29, 0.717) is 31.9 Å². The number of ether oxygens (including phenoxy) is 1. The number of halogens is 3. The van der Waals surface area contributed by atoms with Gasteiger partial charge < -0.3 is 20.3 Å². The van der Waals surface area contributed by atoms with E-state index in [2.05, 4.69) is 27.8 Å². The minimum Gasteiger partial charge on any atom is -0.380 e. The van der Waals surface area contributed by atoms with Gasteiger partial charge in [-0.25, -0.2) is 13.8 Å². The summed E-state index contributed by atoms with van der Waals surface area (Å²) in [4.78, 5) is 6.61. The van der Waals surface area contributed by atoms with Crippen molar-refractivity contribution in [1.29, 1.82) is 0 Å². The lowest BCUT2D eigenvalue weighted by atomic mass is 10.1. The summed E-state index contributed by atoms with van der Waals surface area (Å²) in [7, 11) is 1.68. The molecule has 3 rings (SSSR count). The molecule has 2 N–H and O–H groups in total. The molecule has 0 bridgehead atoms. The van der Waals surface area contributed by atoms with Crippen molar-refractivity contribution < 1.29 is 13.5 Å². The molecule has 5 nitrogen and oxygen atoms in total. The van der Waals surface area contributed by atoms with Gasteiger partial charge in [-0.1, -0.05) is 24.3 Å². The summed E-state index contributed by atoms with van der Waals surface area (Å²) in [6.45, 7) is 5.28. The highest BCUT2D eigenvalue weighted by Gasteiger charge is 2.25. The Balaban J connectivity index is 0.00000320. The first-order valence-electron chi connectivity index (χ1n) is 9.90. The monoisotopic (exact) mass is 530 g/mol. The highest BCUT2D eigenvalue weighted by Crippen LogP contribution is 2.24. The molecule has 1 atom stereocenters. The fourth-order valence-electron chi connectivity index (χ4n) is 3.43. The summed E-state index contributed by atoms with van der Waals surface area (Å²) in [6.07, 6.45) is 0.854. The maximum absolute atomic E-state index is 14.1. The van der Waals surface area contributed by atoms with Crippen molar-refractivity contribution in [3.8, 4) is 0 Å². The Bertz CT molecular complexity index is 832. The topological polar surface area (TPSA) is 48.9 Å². The number of hydrogen-bond acceptors (Lipinski definition) is 3. The number of nitrogens with zero attached hydrogens (tertiary/aromatic N) is 2. The third kappa shape index (κ3) is 6.80. The number of nitrogens with one attached hydrogen (secondary N) is 2. The number of methoxy groups -OCH3 is 1. The Hall–Kier alpha value is -1.94. The Morgan fingerprint density at radius 2 is 1.90 bits per heavy atom. The molecule has 1 saturated heterocycles. The molecule has 8 heteroatoms. The smallest absolute Gasteiger partial charge is 0.191 e. The summed E-state index contributed by atoms with van der Waals surface area (Å²) < 4.78 is 32.3. The third-order valence-electron chi connectivity index (χ3n) is 4.88.